The number of aldehydes is 1. The molecule has 64 valence electrons. The SMILES string of the molecule is CC(C(N)=S)n1cc(C=O)cn1. The van der Waals surface area contributed by atoms with E-state index in [0.29, 0.717) is 10.6 Å². The molecular formula is C7H9N3OS. The summed E-state index contributed by atoms with van der Waals surface area (Å²) in [5.41, 5.74) is 5.93. The maximum atomic E-state index is 10.3. The summed E-state index contributed by atoms with van der Waals surface area (Å²) < 4.78 is 1.56. The van der Waals surface area contributed by atoms with Crippen molar-refractivity contribution in [1.82, 2.24) is 9.78 Å². The highest BCUT2D eigenvalue weighted by atomic mass is 32.1. The van der Waals surface area contributed by atoms with Gasteiger partial charge < -0.3 is 5.73 Å². The van der Waals surface area contributed by atoms with Crippen LogP contribution in [-0.2, 0) is 0 Å². The highest BCUT2D eigenvalue weighted by Gasteiger charge is 2.07. The molecule has 1 rings (SSSR count). The molecule has 0 fully saturated rings. The van der Waals surface area contributed by atoms with Gasteiger partial charge in [0.2, 0.25) is 0 Å². The minimum absolute atomic E-state index is 0.145. The fraction of sp³-hybridized carbons (Fsp3) is 0.286. The molecule has 0 radical (unpaired) electrons. The maximum absolute atomic E-state index is 10.3. The van der Waals surface area contributed by atoms with Crippen molar-refractivity contribution in [3.8, 4) is 0 Å². The van der Waals surface area contributed by atoms with Crippen molar-refractivity contribution in [3.05, 3.63) is 18.0 Å². The molecule has 1 aromatic rings. The Balaban J connectivity index is 2.88. The topological polar surface area (TPSA) is 60.9 Å². The molecule has 1 aromatic heterocycles. The Labute approximate surface area is 75.4 Å². The Morgan fingerprint density at radius 3 is 3.00 bits per heavy atom. The fourth-order valence-electron chi connectivity index (χ4n) is 0.756. The molecule has 0 aliphatic carbocycles. The van der Waals surface area contributed by atoms with E-state index in [2.05, 4.69) is 5.10 Å². The number of nitrogens with zero attached hydrogens (tertiary/aromatic N) is 2. The lowest BCUT2D eigenvalue weighted by Gasteiger charge is -2.08. The Morgan fingerprint density at radius 2 is 2.58 bits per heavy atom. The van der Waals surface area contributed by atoms with Gasteiger partial charge in [-0.25, -0.2) is 0 Å². The van der Waals surface area contributed by atoms with E-state index in [4.69, 9.17) is 18.0 Å². The molecule has 5 heteroatoms. The molecule has 0 aliphatic heterocycles. The van der Waals surface area contributed by atoms with Crippen LogP contribution in [0.1, 0.15) is 23.3 Å². The lowest BCUT2D eigenvalue weighted by atomic mass is 10.3. The molecule has 0 aromatic carbocycles. The summed E-state index contributed by atoms with van der Waals surface area (Å²) in [4.78, 5) is 10.7. The molecule has 0 amide bonds. The van der Waals surface area contributed by atoms with Gasteiger partial charge in [0, 0.05) is 6.20 Å². The van der Waals surface area contributed by atoms with E-state index in [9.17, 15) is 4.79 Å². The minimum atomic E-state index is -0.145. The summed E-state index contributed by atoms with van der Waals surface area (Å²) in [7, 11) is 0. The smallest absolute Gasteiger partial charge is 0.153 e. The number of thiocarbonyl (C=S) groups is 1. The molecule has 0 bridgehead atoms. The van der Waals surface area contributed by atoms with E-state index in [1.54, 1.807) is 10.9 Å². The van der Waals surface area contributed by atoms with Gasteiger partial charge in [-0.1, -0.05) is 12.2 Å². The van der Waals surface area contributed by atoms with Crippen LogP contribution in [0.5, 0.6) is 0 Å². The van der Waals surface area contributed by atoms with E-state index in [-0.39, 0.29) is 6.04 Å². The summed E-state index contributed by atoms with van der Waals surface area (Å²) in [6.07, 6.45) is 3.81. The summed E-state index contributed by atoms with van der Waals surface area (Å²) in [5.74, 6) is 0. The molecule has 1 atom stereocenters. The lowest BCUT2D eigenvalue weighted by molar-refractivity contribution is 0.112. The molecular weight excluding hydrogens is 174 g/mol. The zero-order valence-corrected chi connectivity index (χ0v) is 7.41. The van der Waals surface area contributed by atoms with Crippen molar-refractivity contribution in [2.45, 2.75) is 13.0 Å². The van der Waals surface area contributed by atoms with Gasteiger partial charge in [0.05, 0.1) is 22.8 Å². The molecule has 0 spiro atoms. The standard InChI is InChI=1S/C7H9N3OS/c1-5(7(8)12)10-3-6(4-11)2-9-10/h2-5H,1H3,(H2,8,12). The number of nitrogens with two attached hydrogens (primary N) is 1. The predicted molar refractivity (Wildman–Crippen MR) is 49.1 cm³/mol. The van der Waals surface area contributed by atoms with Crippen LogP contribution in [-0.4, -0.2) is 21.1 Å². The van der Waals surface area contributed by atoms with E-state index in [1.807, 2.05) is 6.92 Å². The number of carbonyl (C=O) groups excluding carboxylic acids is 1. The summed E-state index contributed by atoms with van der Waals surface area (Å²) in [5, 5.41) is 3.93. The van der Waals surface area contributed by atoms with Crippen molar-refractivity contribution in [1.29, 1.82) is 0 Å². The number of aromatic nitrogens is 2. The second kappa shape index (κ2) is 3.44. The minimum Gasteiger partial charge on any atom is -0.392 e. The molecule has 0 saturated carbocycles. The first-order valence-corrected chi connectivity index (χ1v) is 3.84. The molecule has 2 N–H and O–H groups in total. The third-order valence-electron chi connectivity index (χ3n) is 1.57. The van der Waals surface area contributed by atoms with E-state index >= 15 is 0 Å². The van der Waals surface area contributed by atoms with Gasteiger partial charge in [-0.3, -0.25) is 9.48 Å². The molecule has 0 saturated heterocycles. The van der Waals surface area contributed by atoms with Gasteiger partial charge in [-0.15, -0.1) is 0 Å². The van der Waals surface area contributed by atoms with E-state index < -0.39 is 0 Å². The average molecular weight is 183 g/mol. The summed E-state index contributed by atoms with van der Waals surface area (Å²) in [6.45, 7) is 1.82. The molecule has 4 nitrogen and oxygen atoms in total. The largest absolute Gasteiger partial charge is 0.392 e. The average Bonchev–Trinajstić information content (AvgIpc) is 2.50. The molecule has 1 heterocycles. The second-order valence-electron chi connectivity index (χ2n) is 2.45. The number of carbonyl (C=O) groups is 1. The van der Waals surface area contributed by atoms with Crippen molar-refractivity contribution in [3.63, 3.8) is 0 Å². The van der Waals surface area contributed by atoms with Crippen molar-refractivity contribution in [2.75, 3.05) is 0 Å². The second-order valence-corrected chi connectivity index (χ2v) is 2.92. The lowest BCUT2D eigenvalue weighted by Crippen LogP contribution is -2.22. The van der Waals surface area contributed by atoms with Crippen LogP contribution < -0.4 is 5.73 Å². The third kappa shape index (κ3) is 1.68. The normalized spacial score (nSPS) is 12.4. The summed E-state index contributed by atoms with van der Waals surface area (Å²) >= 11 is 4.77. The van der Waals surface area contributed by atoms with Crippen LogP contribution in [0.3, 0.4) is 0 Å². The zero-order chi connectivity index (χ0) is 9.14. The monoisotopic (exact) mass is 183 g/mol. The van der Waals surface area contributed by atoms with Gasteiger partial charge in [-0.2, -0.15) is 5.10 Å². The Kier molecular flexibility index (Phi) is 2.54. The van der Waals surface area contributed by atoms with Crippen LogP contribution in [0.2, 0.25) is 0 Å². The summed E-state index contributed by atoms with van der Waals surface area (Å²) in [6, 6.07) is -0.145. The first-order chi connectivity index (χ1) is 5.65. The van der Waals surface area contributed by atoms with Crippen molar-refractivity contribution < 1.29 is 4.79 Å². The van der Waals surface area contributed by atoms with Gasteiger partial charge in [0.1, 0.15) is 0 Å². The van der Waals surface area contributed by atoms with Crippen LogP contribution >= 0.6 is 12.2 Å². The third-order valence-corrected chi connectivity index (χ3v) is 1.91. The fourth-order valence-corrected chi connectivity index (χ4v) is 0.864. The Morgan fingerprint density at radius 1 is 1.92 bits per heavy atom. The highest BCUT2D eigenvalue weighted by Crippen LogP contribution is 2.04. The number of hydrogen-bond donors (Lipinski definition) is 1. The quantitative estimate of drug-likeness (QED) is 0.549. The van der Waals surface area contributed by atoms with Crippen molar-refractivity contribution in [2.24, 2.45) is 5.73 Å². The molecule has 1 unspecified atom stereocenters. The van der Waals surface area contributed by atoms with Gasteiger partial charge in [0.25, 0.3) is 0 Å². The van der Waals surface area contributed by atoms with Crippen LogP contribution in [0.25, 0.3) is 0 Å². The van der Waals surface area contributed by atoms with Gasteiger partial charge in [-0.05, 0) is 6.92 Å². The zero-order valence-electron chi connectivity index (χ0n) is 6.60. The first kappa shape index (κ1) is 8.86. The van der Waals surface area contributed by atoms with Crippen LogP contribution in [0.4, 0.5) is 0 Å². The Bertz CT molecular complexity index is 307. The molecule has 12 heavy (non-hydrogen) atoms. The predicted octanol–water partition coefficient (Wildman–Crippen LogP) is 0.543. The van der Waals surface area contributed by atoms with Crippen LogP contribution in [0, 0.1) is 0 Å². The number of rotatable bonds is 3. The number of hydrogen-bond acceptors (Lipinski definition) is 3. The van der Waals surface area contributed by atoms with Crippen LogP contribution in [0.15, 0.2) is 12.4 Å². The molecule has 0 aliphatic rings. The first-order valence-electron chi connectivity index (χ1n) is 3.44. The van der Waals surface area contributed by atoms with Gasteiger partial charge >= 0.3 is 0 Å². The van der Waals surface area contributed by atoms with Crippen molar-refractivity contribution >= 4 is 23.5 Å². The van der Waals surface area contributed by atoms with E-state index in [1.165, 1.54) is 6.20 Å². The maximum Gasteiger partial charge on any atom is 0.153 e. The van der Waals surface area contributed by atoms with Gasteiger partial charge in [0.15, 0.2) is 6.29 Å². The Hall–Kier alpha value is -1.23. The highest BCUT2D eigenvalue weighted by molar-refractivity contribution is 7.80. The van der Waals surface area contributed by atoms with E-state index in [0.717, 1.165) is 6.29 Å².